The van der Waals surface area contributed by atoms with Gasteiger partial charge in [-0.3, -0.25) is 9.48 Å². The number of benzene rings is 1. The number of methoxy groups -OCH3 is 1. The van der Waals surface area contributed by atoms with Gasteiger partial charge in [0.05, 0.1) is 41.2 Å². The van der Waals surface area contributed by atoms with Gasteiger partial charge < -0.3 is 20.3 Å². The SMILES string of the molecule is COC(=O)c1c(NC(=S)Nc2c(C)nn(Cc3c(Cl)cccc3Cl)c2C)sc(C(=O)N(C)C)c1C. The Morgan fingerprint density at radius 2 is 1.80 bits per heavy atom. The van der Waals surface area contributed by atoms with Crippen LogP contribution in [-0.4, -0.2) is 52.9 Å². The molecule has 0 saturated heterocycles. The molecule has 0 aliphatic rings. The van der Waals surface area contributed by atoms with Gasteiger partial charge in [-0.25, -0.2) is 4.79 Å². The Morgan fingerprint density at radius 1 is 1.17 bits per heavy atom. The van der Waals surface area contributed by atoms with E-state index in [1.165, 1.54) is 12.0 Å². The number of amides is 1. The van der Waals surface area contributed by atoms with Crippen LogP contribution < -0.4 is 10.6 Å². The first-order valence-corrected chi connectivity index (χ1v) is 12.4. The lowest BCUT2D eigenvalue weighted by atomic mass is 10.1. The summed E-state index contributed by atoms with van der Waals surface area (Å²) in [6.45, 7) is 5.85. The lowest BCUT2D eigenvalue weighted by Crippen LogP contribution is -2.21. The maximum absolute atomic E-state index is 12.6. The number of aryl methyl sites for hydroxylation is 1. The van der Waals surface area contributed by atoms with Crippen LogP contribution in [0.4, 0.5) is 10.7 Å². The Hall–Kier alpha value is -2.66. The molecule has 2 aromatic heterocycles. The fourth-order valence-corrected chi connectivity index (χ4v) is 5.48. The van der Waals surface area contributed by atoms with Crippen LogP contribution in [0.2, 0.25) is 10.0 Å². The summed E-state index contributed by atoms with van der Waals surface area (Å²) in [5, 5.41) is 12.6. The van der Waals surface area contributed by atoms with Crippen LogP contribution in [0.1, 0.15) is 42.5 Å². The van der Waals surface area contributed by atoms with E-state index in [4.69, 9.17) is 40.2 Å². The Morgan fingerprint density at radius 3 is 2.37 bits per heavy atom. The van der Waals surface area contributed by atoms with Crippen molar-refractivity contribution in [1.29, 1.82) is 0 Å². The Bertz CT molecular complexity index is 1300. The summed E-state index contributed by atoms with van der Waals surface area (Å²) in [4.78, 5) is 26.9. The van der Waals surface area contributed by atoms with E-state index in [1.54, 1.807) is 43.9 Å². The predicted octanol–water partition coefficient (Wildman–Crippen LogP) is 5.52. The molecule has 0 aliphatic heterocycles. The monoisotopic (exact) mass is 553 g/mol. The molecule has 186 valence electrons. The Balaban J connectivity index is 1.87. The topological polar surface area (TPSA) is 88.5 Å². The summed E-state index contributed by atoms with van der Waals surface area (Å²) in [6, 6.07) is 5.35. The zero-order valence-corrected chi connectivity index (χ0v) is 23.2. The Labute approximate surface area is 223 Å². The normalized spacial score (nSPS) is 10.7. The first kappa shape index (κ1) is 26.9. The number of ether oxygens (including phenoxy) is 1. The molecule has 0 atom stereocenters. The van der Waals surface area contributed by atoms with E-state index in [-0.39, 0.29) is 16.6 Å². The zero-order valence-electron chi connectivity index (χ0n) is 20.1. The summed E-state index contributed by atoms with van der Waals surface area (Å²) in [5.41, 5.74) is 3.81. The van der Waals surface area contributed by atoms with Crippen molar-refractivity contribution >= 4 is 74.4 Å². The molecular weight excluding hydrogens is 529 g/mol. The van der Waals surface area contributed by atoms with Gasteiger partial charge in [0.2, 0.25) is 0 Å². The summed E-state index contributed by atoms with van der Waals surface area (Å²) >= 11 is 19.3. The summed E-state index contributed by atoms with van der Waals surface area (Å²) in [7, 11) is 4.59. The standard InChI is InChI=1S/C23H25Cl2N5O3S2/c1-11-17(22(32)33-6)20(35-19(11)21(31)29(4)5)27-23(34)26-18-12(2)28-30(13(18)3)10-14-15(24)8-7-9-16(14)25/h7-9H,10H2,1-6H3,(H2,26,27,34). The molecule has 0 saturated carbocycles. The van der Waals surface area contributed by atoms with E-state index in [0.29, 0.717) is 43.4 Å². The largest absolute Gasteiger partial charge is 0.465 e. The van der Waals surface area contributed by atoms with Crippen LogP contribution in [0.25, 0.3) is 0 Å². The molecule has 3 aromatic rings. The number of hydrogen-bond donors (Lipinski definition) is 2. The molecule has 1 aromatic carbocycles. The molecule has 2 N–H and O–H groups in total. The van der Waals surface area contributed by atoms with E-state index >= 15 is 0 Å². The number of hydrogen-bond acceptors (Lipinski definition) is 6. The molecule has 0 radical (unpaired) electrons. The van der Waals surface area contributed by atoms with E-state index in [2.05, 4.69) is 15.7 Å². The van der Waals surface area contributed by atoms with Gasteiger partial charge in [0, 0.05) is 29.7 Å². The van der Waals surface area contributed by atoms with Gasteiger partial charge in [0.1, 0.15) is 5.00 Å². The summed E-state index contributed by atoms with van der Waals surface area (Å²) in [6.07, 6.45) is 0. The van der Waals surface area contributed by atoms with Gasteiger partial charge in [-0.15, -0.1) is 11.3 Å². The molecule has 3 rings (SSSR count). The van der Waals surface area contributed by atoms with Crippen LogP contribution in [0.5, 0.6) is 0 Å². The lowest BCUT2D eigenvalue weighted by Gasteiger charge is -2.12. The molecule has 1 amide bonds. The minimum Gasteiger partial charge on any atom is -0.465 e. The summed E-state index contributed by atoms with van der Waals surface area (Å²) < 4.78 is 6.72. The van der Waals surface area contributed by atoms with Crippen molar-refractivity contribution in [2.75, 3.05) is 31.8 Å². The van der Waals surface area contributed by atoms with Crippen molar-refractivity contribution in [3.05, 3.63) is 61.2 Å². The first-order valence-electron chi connectivity index (χ1n) is 10.4. The molecule has 0 spiro atoms. The molecule has 0 bridgehead atoms. The van der Waals surface area contributed by atoms with Gasteiger partial charge in [-0.1, -0.05) is 29.3 Å². The zero-order chi connectivity index (χ0) is 26.0. The molecular formula is C23H25Cl2N5O3S2. The van der Waals surface area contributed by atoms with Crippen LogP contribution in [0.3, 0.4) is 0 Å². The molecule has 0 aliphatic carbocycles. The first-order chi connectivity index (χ1) is 16.5. The third-order valence-electron chi connectivity index (χ3n) is 5.35. The van der Waals surface area contributed by atoms with E-state index in [1.807, 2.05) is 13.8 Å². The van der Waals surface area contributed by atoms with Crippen molar-refractivity contribution in [1.82, 2.24) is 14.7 Å². The average molecular weight is 555 g/mol. The Kier molecular flexibility index (Phi) is 8.42. The maximum atomic E-state index is 12.6. The molecule has 0 fully saturated rings. The highest BCUT2D eigenvalue weighted by molar-refractivity contribution is 7.80. The number of nitrogens with one attached hydrogen (secondary N) is 2. The highest BCUT2D eigenvalue weighted by Gasteiger charge is 2.27. The second-order valence-corrected chi connectivity index (χ2v) is 10.2. The van der Waals surface area contributed by atoms with Crippen LogP contribution in [-0.2, 0) is 11.3 Å². The average Bonchev–Trinajstić information content (AvgIpc) is 3.25. The molecule has 8 nitrogen and oxygen atoms in total. The van der Waals surface area contributed by atoms with Crippen molar-refractivity contribution in [2.24, 2.45) is 0 Å². The molecule has 2 heterocycles. The van der Waals surface area contributed by atoms with Crippen LogP contribution >= 0.6 is 46.8 Å². The summed E-state index contributed by atoms with van der Waals surface area (Å²) in [5.74, 6) is -0.769. The molecule has 12 heteroatoms. The van der Waals surface area contributed by atoms with Crippen molar-refractivity contribution < 1.29 is 14.3 Å². The smallest absolute Gasteiger partial charge is 0.341 e. The number of thiophene rings is 1. The highest BCUT2D eigenvalue weighted by atomic mass is 35.5. The number of nitrogens with zero attached hydrogens (tertiary/aromatic N) is 3. The highest BCUT2D eigenvalue weighted by Crippen LogP contribution is 2.35. The van der Waals surface area contributed by atoms with Gasteiger partial charge in [0.15, 0.2) is 5.11 Å². The molecule has 35 heavy (non-hydrogen) atoms. The van der Waals surface area contributed by atoms with Crippen LogP contribution in [0, 0.1) is 20.8 Å². The quantitative estimate of drug-likeness (QED) is 0.306. The van der Waals surface area contributed by atoms with Gasteiger partial charge in [-0.05, 0) is 50.7 Å². The number of carbonyl (C=O) groups is 2. The number of carbonyl (C=O) groups excluding carboxylic acids is 2. The number of anilines is 2. The third kappa shape index (κ3) is 5.61. The number of aromatic nitrogens is 2. The number of esters is 1. The van der Waals surface area contributed by atoms with Gasteiger partial charge >= 0.3 is 5.97 Å². The minimum absolute atomic E-state index is 0.212. The van der Waals surface area contributed by atoms with E-state index in [0.717, 1.165) is 22.6 Å². The second-order valence-electron chi connectivity index (χ2n) is 7.93. The second kappa shape index (κ2) is 10.9. The van der Waals surface area contributed by atoms with Gasteiger partial charge in [0.25, 0.3) is 5.91 Å². The predicted molar refractivity (Wildman–Crippen MR) is 146 cm³/mol. The lowest BCUT2D eigenvalue weighted by molar-refractivity contribution is 0.0601. The van der Waals surface area contributed by atoms with E-state index < -0.39 is 5.97 Å². The van der Waals surface area contributed by atoms with E-state index in [9.17, 15) is 9.59 Å². The van der Waals surface area contributed by atoms with Crippen molar-refractivity contribution in [2.45, 2.75) is 27.3 Å². The third-order valence-corrected chi connectivity index (χ3v) is 7.46. The van der Waals surface area contributed by atoms with Crippen molar-refractivity contribution in [3.63, 3.8) is 0 Å². The fraction of sp³-hybridized carbons (Fsp3) is 0.304. The minimum atomic E-state index is -0.557. The van der Waals surface area contributed by atoms with Crippen molar-refractivity contribution in [3.8, 4) is 0 Å². The number of thiocarbonyl (C=S) groups is 1. The van der Waals surface area contributed by atoms with Crippen LogP contribution in [0.15, 0.2) is 18.2 Å². The fourth-order valence-electron chi connectivity index (χ4n) is 3.47. The van der Waals surface area contributed by atoms with Gasteiger partial charge in [-0.2, -0.15) is 5.10 Å². The maximum Gasteiger partial charge on any atom is 0.341 e. The number of rotatable bonds is 6. The number of halogens is 2. The molecule has 0 unspecified atom stereocenters.